The Morgan fingerprint density at radius 3 is 1.27 bits per heavy atom. The average molecular weight is 647 g/mol. The Kier molecular flexibility index (Phi) is 11.6. The van der Waals surface area contributed by atoms with Gasteiger partial charge in [0.05, 0.1) is 6.61 Å². The van der Waals surface area contributed by atoms with Crippen LogP contribution in [0.5, 0.6) is 23.0 Å². The van der Waals surface area contributed by atoms with Crippen molar-refractivity contribution in [3.05, 3.63) is 155 Å². The van der Waals surface area contributed by atoms with Crippen molar-refractivity contribution in [2.75, 3.05) is 6.61 Å². The third-order valence-corrected chi connectivity index (χ3v) is 8.91. The summed E-state index contributed by atoms with van der Waals surface area (Å²) < 4.78 is 5.35. The summed E-state index contributed by atoms with van der Waals surface area (Å²) in [4.78, 5) is 12.4. The molecule has 0 heterocycles. The Bertz CT molecular complexity index is 1640. The minimum absolute atomic E-state index is 0.146. The van der Waals surface area contributed by atoms with Gasteiger partial charge in [0.2, 0.25) is 0 Å². The zero-order chi connectivity index (χ0) is 34.9. The number of unbranched alkanes of at least 4 members (excludes halogenated alkanes) is 1. The summed E-state index contributed by atoms with van der Waals surface area (Å²) in [6, 6.07) is 36.5. The number of benzene rings is 5. The van der Waals surface area contributed by atoms with E-state index in [0.717, 1.165) is 35.1 Å². The highest BCUT2D eigenvalue weighted by atomic mass is 16.5. The van der Waals surface area contributed by atoms with Gasteiger partial charge in [-0.2, -0.15) is 0 Å². The number of phenolic OH excluding ortho intramolecular Hbond substituents is 4. The average Bonchev–Trinajstić information content (AvgIpc) is 3.07. The fourth-order valence-corrected chi connectivity index (χ4v) is 5.58. The molecule has 0 unspecified atom stereocenters. The van der Waals surface area contributed by atoms with Crippen molar-refractivity contribution in [3.8, 4) is 23.0 Å². The van der Waals surface area contributed by atoms with Crippen molar-refractivity contribution in [1.29, 1.82) is 0 Å². The van der Waals surface area contributed by atoms with Gasteiger partial charge in [-0.1, -0.05) is 114 Å². The van der Waals surface area contributed by atoms with E-state index in [9.17, 15) is 25.2 Å². The summed E-state index contributed by atoms with van der Waals surface area (Å²) in [5, 5.41) is 38.0. The lowest BCUT2D eigenvalue weighted by Gasteiger charge is -2.31. The molecule has 48 heavy (non-hydrogen) atoms. The third kappa shape index (κ3) is 8.77. The van der Waals surface area contributed by atoms with Crippen LogP contribution in [0.3, 0.4) is 0 Å². The Labute approximate surface area is 283 Å². The first-order valence-corrected chi connectivity index (χ1v) is 16.3. The Morgan fingerprint density at radius 1 is 0.562 bits per heavy atom. The Hall–Kier alpha value is -5.23. The second kappa shape index (κ2) is 15.6. The topological polar surface area (TPSA) is 107 Å². The van der Waals surface area contributed by atoms with Crippen molar-refractivity contribution in [2.45, 2.75) is 64.2 Å². The molecule has 0 saturated heterocycles. The quantitative estimate of drug-likeness (QED) is 0.0890. The van der Waals surface area contributed by atoms with Crippen LogP contribution in [-0.2, 0) is 20.4 Å². The van der Waals surface area contributed by atoms with Crippen LogP contribution in [0.25, 0.3) is 0 Å². The zero-order valence-electron chi connectivity index (χ0n) is 28.4. The normalized spacial score (nSPS) is 11.5. The van der Waals surface area contributed by atoms with Gasteiger partial charge in [0.25, 0.3) is 0 Å². The molecule has 4 N–H and O–H groups in total. The first-order chi connectivity index (χ1) is 22.8. The van der Waals surface area contributed by atoms with E-state index in [1.807, 2.05) is 31.2 Å². The van der Waals surface area contributed by atoms with E-state index in [4.69, 9.17) is 4.74 Å². The molecule has 0 aliphatic carbocycles. The first kappa shape index (κ1) is 35.6. The number of hydrogen-bond acceptors (Lipinski definition) is 6. The molecule has 0 amide bonds. The molecule has 0 aliphatic rings. The van der Waals surface area contributed by atoms with Crippen LogP contribution >= 0.6 is 0 Å². The number of hydrogen-bond donors (Lipinski definition) is 4. The number of carbonyl (C=O) groups is 1. The summed E-state index contributed by atoms with van der Waals surface area (Å²) in [5.41, 5.74) is 5.92. The van der Waals surface area contributed by atoms with Crippen LogP contribution in [0.15, 0.2) is 121 Å². The predicted octanol–water partition coefficient (Wildman–Crippen LogP) is 9.32. The molecule has 5 aromatic carbocycles. The third-order valence-electron chi connectivity index (χ3n) is 8.91. The van der Waals surface area contributed by atoms with Gasteiger partial charge in [-0.25, -0.2) is 0 Å². The van der Waals surface area contributed by atoms with Crippen molar-refractivity contribution < 1.29 is 30.0 Å². The molecule has 5 aromatic rings. The van der Waals surface area contributed by atoms with E-state index in [2.05, 4.69) is 52.0 Å². The molecule has 0 fully saturated rings. The van der Waals surface area contributed by atoms with E-state index < -0.39 is 5.92 Å². The smallest absolute Gasteiger partial charge is 0.317 e. The highest BCUT2D eigenvalue weighted by molar-refractivity contribution is 5.82. The van der Waals surface area contributed by atoms with Gasteiger partial charge in [-0.3, -0.25) is 4.79 Å². The molecular formula is C42H46O6. The van der Waals surface area contributed by atoms with Gasteiger partial charge in [-0.15, -0.1) is 0 Å². The summed E-state index contributed by atoms with van der Waals surface area (Å²) in [6.07, 6.45) is 1.78. The van der Waals surface area contributed by atoms with E-state index in [-0.39, 0.29) is 39.8 Å². The standard InChI is InChI=1S/C24H26O2.C18H20O4/c1-23(2,17-8-12-21(25)13-9-17)19-6-5-7-20(16-19)24(3,4)18-10-14-22(26)15-11-18;1-2-3-12-22-18(21)17(13-4-8-15(19)9-5-13)14-6-10-16(20)11-7-14/h5-16,25-26H,1-4H3;4-11,17,19-20H,2-3,12H2,1H3. The van der Waals surface area contributed by atoms with Gasteiger partial charge in [0, 0.05) is 10.8 Å². The monoisotopic (exact) mass is 646 g/mol. The first-order valence-electron chi connectivity index (χ1n) is 16.3. The van der Waals surface area contributed by atoms with Gasteiger partial charge in [-0.05, 0) is 88.3 Å². The van der Waals surface area contributed by atoms with Crippen LogP contribution < -0.4 is 0 Å². The highest BCUT2D eigenvalue weighted by Gasteiger charge is 2.28. The SMILES string of the molecule is CC(C)(c1ccc(O)cc1)c1cccc(C(C)(C)c2ccc(O)cc2)c1.CCCCOC(=O)C(c1ccc(O)cc1)c1ccc(O)cc1. The van der Waals surface area contributed by atoms with Crippen LogP contribution in [-0.4, -0.2) is 33.0 Å². The minimum atomic E-state index is -0.571. The summed E-state index contributed by atoms with van der Waals surface area (Å²) in [7, 11) is 0. The van der Waals surface area contributed by atoms with Crippen molar-refractivity contribution in [2.24, 2.45) is 0 Å². The van der Waals surface area contributed by atoms with Crippen LogP contribution in [0.1, 0.15) is 86.8 Å². The maximum atomic E-state index is 12.4. The van der Waals surface area contributed by atoms with E-state index in [0.29, 0.717) is 6.61 Å². The molecule has 6 heteroatoms. The molecular weight excluding hydrogens is 600 g/mol. The fraction of sp³-hybridized carbons (Fsp3) is 0.262. The molecule has 6 nitrogen and oxygen atoms in total. The molecule has 5 rings (SSSR count). The van der Waals surface area contributed by atoms with Crippen LogP contribution in [0, 0.1) is 0 Å². The molecule has 250 valence electrons. The predicted molar refractivity (Wildman–Crippen MR) is 191 cm³/mol. The molecule has 0 aromatic heterocycles. The minimum Gasteiger partial charge on any atom is -0.508 e. The fourth-order valence-electron chi connectivity index (χ4n) is 5.58. The lowest BCUT2D eigenvalue weighted by Crippen LogP contribution is -2.22. The molecule has 0 atom stereocenters. The van der Waals surface area contributed by atoms with Crippen LogP contribution in [0.2, 0.25) is 0 Å². The zero-order valence-corrected chi connectivity index (χ0v) is 28.4. The lowest BCUT2D eigenvalue weighted by atomic mass is 9.73. The molecule has 0 bridgehead atoms. The van der Waals surface area contributed by atoms with Crippen molar-refractivity contribution >= 4 is 5.97 Å². The number of phenols is 4. The maximum absolute atomic E-state index is 12.4. The van der Waals surface area contributed by atoms with Gasteiger partial charge < -0.3 is 25.2 Å². The molecule has 0 spiro atoms. The van der Waals surface area contributed by atoms with E-state index in [1.165, 1.54) is 11.1 Å². The second-order valence-corrected chi connectivity index (χ2v) is 13.1. The lowest BCUT2D eigenvalue weighted by molar-refractivity contribution is -0.144. The summed E-state index contributed by atoms with van der Waals surface area (Å²) in [6.45, 7) is 11.2. The highest BCUT2D eigenvalue weighted by Crippen LogP contribution is 2.37. The van der Waals surface area contributed by atoms with Gasteiger partial charge in [0.15, 0.2) is 0 Å². The molecule has 0 aliphatic heterocycles. The molecule has 0 saturated carbocycles. The molecule has 0 radical (unpaired) electrons. The largest absolute Gasteiger partial charge is 0.508 e. The van der Waals surface area contributed by atoms with Gasteiger partial charge >= 0.3 is 5.97 Å². The second-order valence-electron chi connectivity index (χ2n) is 13.1. The van der Waals surface area contributed by atoms with E-state index in [1.54, 1.807) is 72.8 Å². The van der Waals surface area contributed by atoms with Gasteiger partial charge in [0.1, 0.15) is 28.9 Å². The van der Waals surface area contributed by atoms with Crippen molar-refractivity contribution in [1.82, 2.24) is 0 Å². The Morgan fingerprint density at radius 2 is 0.917 bits per heavy atom. The number of esters is 1. The summed E-state index contributed by atoms with van der Waals surface area (Å²) >= 11 is 0. The number of rotatable bonds is 10. The Balaban J connectivity index is 0.000000220. The number of ether oxygens (including phenoxy) is 1. The van der Waals surface area contributed by atoms with Crippen LogP contribution in [0.4, 0.5) is 0 Å². The summed E-state index contributed by atoms with van der Waals surface area (Å²) in [5.74, 6) is -0.0403. The van der Waals surface area contributed by atoms with E-state index >= 15 is 0 Å². The number of aromatic hydroxyl groups is 4. The van der Waals surface area contributed by atoms with Crippen molar-refractivity contribution in [3.63, 3.8) is 0 Å². The maximum Gasteiger partial charge on any atom is 0.317 e. The number of carbonyl (C=O) groups excluding carboxylic acids is 1.